The van der Waals surface area contributed by atoms with Gasteiger partial charge in [-0.25, -0.2) is 8.78 Å². The van der Waals surface area contributed by atoms with Crippen molar-refractivity contribution in [2.24, 2.45) is 5.73 Å². The highest BCUT2D eigenvalue weighted by atomic mass is 19.1. The second kappa shape index (κ2) is 5.14. The van der Waals surface area contributed by atoms with Crippen LogP contribution in [0.2, 0.25) is 0 Å². The largest absolute Gasteiger partial charge is 0.451 e. The molecule has 2 rings (SSSR count). The molecule has 0 aliphatic carbocycles. The third-order valence-electron chi connectivity index (χ3n) is 2.54. The molecule has 0 saturated heterocycles. The molecule has 0 aliphatic rings. The van der Waals surface area contributed by atoms with Gasteiger partial charge in [0.25, 0.3) is 0 Å². The summed E-state index contributed by atoms with van der Waals surface area (Å²) < 4.78 is 32.5. The fourth-order valence-corrected chi connectivity index (χ4v) is 1.63. The fourth-order valence-electron chi connectivity index (χ4n) is 1.63. The number of para-hydroxylation sites is 2. The molecule has 94 valence electrons. The van der Waals surface area contributed by atoms with Crippen LogP contribution in [0.25, 0.3) is 0 Å². The van der Waals surface area contributed by atoms with Crippen LogP contribution >= 0.6 is 0 Å². The van der Waals surface area contributed by atoms with E-state index in [0.29, 0.717) is 5.56 Å². The van der Waals surface area contributed by atoms with E-state index in [2.05, 4.69) is 0 Å². The molecule has 0 aliphatic heterocycles. The molecular weight excluding hydrogens is 236 g/mol. The summed E-state index contributed by atoms with van der Waals surface area (Å²) in [5.74, 6) is -1.16. The lowest BCUT2D eigenvalue weighted by atomic mass is 10.1. The number of rotatable bonds is 3. The molecule has 0 fully saturated rings. The Kier molecular flexibility index (Phi) is 3.58. The topological polar surface area (TPSA) is 35.2 Å². The number of hydrogen-bond acceptors (Lipinski definition) is 2. The van der Waals surface area contributed by atoms with Crippen molar-refractivity contribution in [3.8, 4) is 11.5 Å². The summed E-state index contributed by atoms with van der Waals surface area (Å²) >= 11 is 0. The van der Waals surface area contributed by atoms with Gasteiger partial charge >= 0.3 is 0 Å². The molecule has 0 saturated carbocycles. The summed E-state index contributed by atoms with van der Waals surface area (Å²) in [6.07, 6.45) is 0. The van der Waals surface area contributed by atoms with Gasteiger partial charge in [0.2, 0.25) is 0 Å². The van der Waals surface area contributed by atoms with Gasteiger partial charge in [-0.2, -0.15) is 0 Å². The number of benzene rings is 2. The quantitative estimate of drug-likeness (QED) is 0.898. The zero-order valence-corrected chi connectivity index (χ0v) is 9.86. The first kappa shape index (κ1) is 12.5. The Bertz CT molecular complexity index is 555. The molecule has 0 amide bonds. The van der Waals surface area contributed by atoms with Crippen molar-refractivity contribution in [2.45, 2.75) is 13.0 Å². The first-order chi connectivity index (χ1) is 8.59. The fraction of sp³-hybridized carbons (Fsp3) is 0.143. The van der Waals surface area contributed by atoms with Crippen molar-refractivity contribution in [3.63, 3.8) is 0 Å². The predicted octanol–water partition coefficient (Wildman–Crippen LogP) is 3.78. The summed E-state index contributed by atoms with van der Waals surface area (Å²) in [6, 6.07) is 9.89. The van der Waals surface area contributed by atoms with Gasteiger partial charge in [-0.3, -0.25) is 0 Å². The molecule has 2 aromatic rings. The van der Waals surface area contributed by atoms with E-state index in [1.54, 1.807) is 25.1 Å². The Morgan fingerprint density at radius 1 is 1.00 bits per heavy atom. The second-order valence-corrected chi connectivity index (χ2v) is 3.98. The summed E-state index contributed by atoms with van der Waals surface area (Å²) in [6.45, 7) is 1.71. The third kappa shape index (κ3) is 2.49. The van der Waals surface area contributed by atoms with Gasteiger partial charge in [0.05, 0.1) is 0 Å². The Hall–Kier alpha value is -1.94. The van der Waals surface area contributed by atoms with Crippen molar-refractivity contribution >= 4 is 0 Å². The Labute approximate surface area is 104 Å². The first-order valence-corrected chi connectivity index (χ1v) is 5.56. The van der Waals surface area contributed by atoms with Gasteiger partial charge < -0.3 is 10.5 Å². The molecule has 2 N–H and O–H groups in total. The van der Waals surface area contributed by atoms with E-state index in [0.717, 1.165) is 0 Å². The molecule has 2 nitrogen and oxygen atoms in total. The van der Waals surface area contributed by atoms with Crippen LogP contribution in [0.5, 0.6) is 11.5 Å². The normalized spacial score (nSPS) is 12.2. The van der Waals surface area contributed by atoms with E-state index in [9.17, 15) is 8.78 Å². The lowest BCUT2D eigenvalue weighted by molar-refractivity contribution is 0.407. The molecule has 0 spiro atoms. The lowest BCUT2D eigenvalue weighted by Crippen LogP contribution is -2.08. The van der Waals surface area contributed by atoms with E-state index in [1.807, 2.05) is 0 Å². The van der Waals surface area contributed by atoms with Crippen LogP contribution in [-0.2, 0) is 0 Å². The van der Waals surface area contributed by atoms with Crippen molar-refractivity contribution < 1.29 is 13.5 Å². The second-order valence-electron chi connectivity index (χ2n) is 3.98. The molecular formula is C14H13F2NO. The van der Waals surface area contributed by atoms with E-state index in [-0.39, 0.29) is 11.5 Å². The highest BCUT2D eigenvalue weighted by Gasteiger charge is 2.15. The average molecular weight is 249 g/mol. The number of ether oxygens (including phenoxy) is 1. The van der Waals surface area contributed by atoms with E-state index < -0.39 is 17.7 Å². The predicted molar refractivity (Wildman–Crippen MR) is 65.5 cm³/mol. The van der Waals surface area contributed by atoms with Gasteiger partial charge in [0.15, 0.2) is 23.1 Å². The Morgan fingerprint density at radius 2 is 1.67 bits per heavy atom. The number of hydrogen-bond donors (Lipinski definition) is 1. The first-order valence-electron chi connectivity index (χ1n) is 5.56. The minimum Gasteiger partial charge on any atom is -0.451 e. The van der Waals surface area contributed by atoms with Crippen LogP contribution in [0.3, 0.4) is 0 Å². The Morgan fingerprint density at radius 3 is 2.33 bits per heavy atom. The molecule has 0 bridgehead atoms. The van der Waals surface area contributed by atoms with Crippen LogP contribution in [0.1, 0.15) is 18.5 Å². The molecule has 1 atom stereocenters. The van der Waals surface area contributed by atoms with E-state index >= 15 is 0 Å². The SMILES string of the molecule is C[C@@H](N)c1cccc(F)c1Oc1ccccc1F. The minimum atomic E-state index is -0.562. The maximum atomic E-state index is 13.7. The highest BCUT2D eigenvalue weighted by Crippen LogP contribution is 2.32. The third-order valence-corrected chi connectivity index (χ3v) is 2.54. The zero-order valence-electron chi connectivity index (χ0n) is 9.86. The standard InChI is InChI=1S/C14H13F2NO/c1-9(17)10-5-4-7-12(16)14(10)18-13-8-3-2-6-11(13)15/h2-9H,17H2,1H3/t9-/m1/s1. The van der Waals surface area contributed by atoms with Crippen LogP contribution < -0.4 is 10.5 Å². The minimum absolute atomic E-state index is 0.0236. The summed E-state index contributed by atoms with van der Waals surface area (Å²) in [5, 5.41) is 0. The van der Waals surface area contributed by atoms with Crippen LogP contribution in [0.15, 0.2) is 42.5 Å². The van der Waals surface area contributed by atoms with Crippen LogP contribution in [-0.4, -0.2) is 0 Å². The zero-order chi connectivity index (χ0) is 13.1. The molecule has 0 heterocycles. The molecule has 0 aromatic heterocycles. The summed E-state index contributed by atoms with van der Waals surface area (Å²) in [4.78, 5) is 0. The molecule has 18 heavy (non-hydrogen) atoms. The van der Waals surface area contributed by atoms with Crippen molar-refractivity contribution in [1.29, 1.82) is 0 Å². The van der Waals surface area contributed by atoms with E-state index in [1.165, 1.54) is 24.3 Å². The lowest BCUT2D eigenvalue weighted by Gasteiger charge is -2.14. The monoisotopic (exact) mass is 249 g/mol. The van der Waals surface area contributed by atoms with Gasteiger partial charge in [-0.15, -0.1) is 0 Å². The van der Waals surface area contributed by atoms with Crippen molar-refractivity contribution in [1.82, 2.24) is 0 Å². The molecule has 0 radical (unpaired) electrons. The van der Waals surface area contributed by atoms with E-state index in [4.69, 9.17) is 10.5 Å². The van der Waals surface area contributed by atoms with Gasteiger partial charge in [-0.1, -0.05) is 24.3 Å². The van der Waals surface area contributed by atoms with Crippen LogP contribution in [0, 0.1) is 11.6 Å². The number of halogens is 2. The summed E-state index contributed by atoms with van der Waals surface area (Å²) in [7, 11) is 0. The van der Waals surface area contributed by atoms with Gasteiger partial charge in [0.1, 0.15) is 0 Å². The van der Waals surface area contributed by atoms with Crippen LogP contribution in [0.4, 0.5) is 8.78 Å². The van der Waals surface area contributed by atoms with Gasteiger partial charge in [-0.05, 0) is 25.1 Å². The molecule has 4 heteroatoms. The maximum absolute atomic E-state index is 13.7. The number of nitrogens with two attached hydrogens (primary N) is 1. The summed E-state index contributed by atoms with van der Waals surface area (Å²) in [5.41, 5.74) is 6.23. The van der Waals surface area contributed by atoms with Gasteiger partial charge in [0, 0.05) is 11.6 Å². The average Bonchev–Trinajstić information content (AvgIpc) is 2.34. The van der Waals surface area contributed by atoms with Crippen molar-refractivity contribution in [3.05, 3.63) is 59.7 Å². The van der Waals surface area contributed by atoms with Crippen molar-refractivity contribution in [2.75, 3.05) is 0 Å². The molecule has 2 aromatic carbocycles. The highest BCUT2D eigenvalue weighted by molar-refractivity contribution is 5.40. The maximum Gasteiger partial charge on any atom is 0.167 e. The Balaban J connectivity index is 2.43. The smallest absolute Gasteiger partial charge is 0.167 e. The molecule has 0 unspecified atom stereocenters.